The standard InChI is InChI=1S/C14H22N4O/c1-3-4-7-17(2)14(19)12-10-16-13(11-15-12)18-8-5-6-9-18/h10-11H,3-9H2,1-2H3. The van der Waals surface area contributed by atoms with Crippen LogP contribution in [0.5, 0.6) is 0 Å². The highest BCUT2D eigenvalue weighted by Crippen LogP contribution is 2.16. The minimum absolute atomic E-state index is 0.0473. The van der Waals surface area contributed by atoms with Gasteiger partial charge in [-0.2, -0.15) is 0 Å². The Morgan fingerprint density at radius 1 is 1.32 bits per heavy atom. The summed E-state index contributed by atoms with van der Waals surface area (Å²) in [5.74, 6) is 0.833. The fourth-order valence-electron chi connectivity index (χ4n) is 2.23. The maximum Gasteiger partial charge on any atom is 0.273 e. The molecule has 1 amide bonds. The molecule has 0 N–H and O–H groups in total. The van der Waals surface area contributed by atoms with E-state index in [1.54, 1.807) is 17.3 Å². The van der Waals surface area contributed by atoms with Crippen LogP contribution in [0.15, 0.2) is 12.4 Å². The van der Waals surface area contributed by atoms with Crippen molar-refractivity contribution >= 4 is 11.7 Å². The van der Waals surface area contributed by atoms with Gasteiger partial charge in [-0.15, -0.1) is 0 Å². The molecule has 0 spiro atoms. The topological polar surface area (TPSA) is 49.3 Å². The zero-order chi connectivity index (χ0) is 13.7. The summed E-state index contributed by atoms with van der Waals surface area (Å²) < 4.78 is 0. The maximum absolute atomic E-state index is 12.1. The van der Waals surface area contributed by atoms with Crippen molar-refractivity contribution in [2.24, 2.45) is 0 Å². The van der Waals surface area contributed by atoms with Gasteiger partial charge in [-0.1, -0.05) is 13.3 Å². The van der Waals surface area contributed by atoms with Crippen molar-refractivity contribution in [3.8, 4) is 0 Å². The lowest BCUT2D eigenvalue weighted by molar-refractivity contribution is 0.0787. The van der Waals surface area contributed by atoms with Crippen LogP contribution in [0.3, 0.4) is 0 Å². The van der Waals surface area contributed by atoms with Gasteiger partial charge < -0.3 is 9.80 Å². The second-order valence-corrected chi connectivity index (χ2v) is 5.03. The average molecular weight is 262 g/mol. The second kappa shape index (κ2) is 6.50. The van der Waals surface area contributed by atoms with Crippen LogP contribution in [-0.2, 0) is 0 Å². The number of carbonyl (C=O) groups is 1. The lowest BCUT2D eigenvalue weighted by atomic mass is 10.3. The molecule has 5 nitrogen and oxygen atoms in total. The number of rotatable bonds is 5. The van der Waals surface area contributed by atoms with Gasteiger partial charge in [-0.05, 0) is 19.3 Å². The average Bonchev–Trinajstić information content (AvgIpc) is 2.98. The van der Waals surface area contributed by atoms with Crippen molar-refractivity contribution in [2.45, 2.75) is 32.6 Å². The molecule has 0 aliphatic carbocycles. The fraction of sp³-hybridized carbons (Fsp3) is 0.643. The molecule has 1 aromatic heterocycles. The third-order valence-corrected chi connectivity index (χ3v) is 3.48. The Labute approximate surface area is 114 Å². The zero-order valence-electron chi connectivity index (χ0n) is 11.8. The third-order valence-electron chi connectivity index (χ3n) is 3.48. The van der Waals surface area contributed by atoms with Gasteiger partial charge in [-0.25, -0.2) is 9.97 Å². The molecule has 0 bridgehead atoms. The Bertz CT molecular complexity index is 412. The molecule has 0 saturated carbocycles. The fourth-order valence-corrected chi connectivity index (χ4v) is 2.23. The van der Waals surface area contributed by atoms with E-state index < -0.39 is 0 Å². The van der Waals surface area contributed by atoms with E-state index in [0.717, 1.165) is 38.3 Å². The number of anilines is 1. The summed E-state index contributed by atoms with van der Waals surface area (Å²) in [5, 5.41) is 0. The van der Waals surface area contributed by atoms with Gasteiger partial charge in [0.05, 0.1) is 12.4 Å². The Morgan fingerprint density at radius 2 is 2.05 bits per heavy atom. The number of unbranched alkanes of at least 4 members (excludes halogenated alkanes) is 1. The largest absolute Gasteiger partial charge is 0.355 e. The molecular formula is C14H22N4O. The van der Waals surface area contributed by atoms with Gasteiger partial charge in [-0.3, -0.25) is 4.79 Å². The van der Waals surface area contributed by atoms with Gasteiger partial charge in [0.1, 0.15) is 11.5 Å². The van der Waals surface area contributed by atoms with Crippen molar-refractivity contribution in [1.82, 2.24) is 14.9 Å². The Morgan fingerprint density at radius 3 is 2.63 bits per heavy atom. The summed E-state index contributed by atoms with van der Waals surface area (Å²) in [6.07, 6.45) is 7.83. The van der Waals surface area contributed by atoms with Crippen molar-refractivity contribution in [1.29, 1.82) is 0 Å². The molecule has 1 aliphatic heterocycles. The Kier molecular flexibility index (Phi) is 4.71. The van der Waals surface area contributed by atoms with Crippen molar-refractivity contribution in [3.05, 3.63) is 18.1 Å². The SMILES string of the molecule is CCCCN(C)C(=O)c1cnc(N2CCCC2)cn1. The first kappa shape index (κ1) is 13.8. The summed E-state index contributed by atoms with van der Waals surface area (Å²) in [6.45, 7) is 4.96. The normalized spacial score (nSPS) is 14.7. The molecule has 2 rings (SSSR count). The maximum atomic E-state index is 12.1. The summed E-state index contributed by atoms with van der Waals surface area (Å²) in [4.78, 5) is 24.6. The van der Waals surface area contributed by atoms with Crippen LogP contribution in [-0.4, -0.2) is 47.5 Å². The van der Waals surface area contributed by atoms with Crippen LogP contribution < -0.4 is 4.90 Å². The molecule has 1 fully saturated rings. The number of hydrogen-bond acceptors (Lipinski definition) is 4. The first-order valence-corrected chi connectivity index (χ1v) is 7.05. The van der Waals surface area contributed by atoms with E-state index in [1.807, 2.05) is 7.05 Å². The quantitative estimate of drug-likeness (QED) is 0.814. The molecule has 2 heterocycles. The van der Waals surface area contributed by atoms with Gasteiger partial charge in [0.25, 0.3) is 5.91 Å². The van der Waals surface area contributed by atoms with Crippen LogP contribution in [0.1, 0.15) is 43.1 Å². The number of hydrogen-bond donors (Lipinski definition) is 0. The molecule has 0 aromatic carbocycles. The van der Waals surface area contributed by atoms with E-state index in [4.69, 9.17) is 0 Å². The van der Waals surface area contributed by atoms with E-state index in [9.17, 15) is 4.79 Å². The Hall–Kier alpha value is -1.65. The van der Waals surface area contributed by atoms with Gasteiger partial charge in [0.15, 0.2) is 0 Å². The second-order valence-electron chi connectivity index (χ2n) is 5.03. The molecule has 1 saturated heterocycles. The zero-order valence-corrected chi connectivity index (χ0v) is 11.8. The van der Waals surface area contributed by atoms with Gasteiger partial charge in [0.2, 0.25) is 0 Å². The molecule has 0 unspecified atom stereocenters. The molecule has 19 heavy (non-hydrogen) atoms. The van der Waals surface area contributed by atoms with E-state index in [2.05, 4.69) is 21.8 Å². The van der Waals surface area contributed by atoms with E-state index in [1.165, 1.54) is 12.8 Å². The lowest BCUT2D eigenvalue weighted by Crippen LogP contribution is -2.29. The predicted molar refractivity (Wildman–Crippen MR) is 75.3 cm³/mol. The van der Waals surface area contributed by atoms with Crippen LogP contribution in [0.4, 0.5) is 5.82 Å². The van der Waals surface area contributed by atoms with Crippen LogP contribution in [0.2, 0.25) is 0 Å². The van der Waals surface area contributed by atoms with E-state index in [0.29, 0.717) is 5.69 Å². The van der Waals surface area contributed by atoms with Crippen molar-refractivity contribution in [2.75, 3.05) is 31.6 Å². The Balaban J connectivity index is 1.99. The predicted octanol–water partition coefficient (Wildman–Crippen LogP) is 1.95. The number of nitrogens with zero attached hydrogens (tertiary/aromatic N) is 4. The highest BCUT2D eigenvalue weighted by Gasteiger charge is 2.16. The highest BCUT2D eigenvalue weighted by molar-refractivity contribution is 5.91. The third kappa shape index (κ3) is 3.43. The number of carbonyl (C=O) groups excluding carboxylic acids is 1. The minimum Gasteiger partial charge on any atom is -0.355 e. The molecular weight excluding hydrogens is 240 g/mol. The molecule has 1 aliphatic rings. The lowest BCUT2D eigenvalue weighted by Gasteiger charge is -2.18. The van der Waals surface area contributed by atoms with Gasteiger partial charge >= 0.3 is 0 Å². The van der Waals surface area contributed by atoms with E-state index in [-0.39, 0.29) is 5.91 Å². The number of aromatic nitrogens is 2. The minimum atomic E-state index is -0.0473. The van der Waals surface area contributed by atoms with Crippen LogP contribution in [0.25, 0.3) is 0 Å². The molecule has 0 radical (unpaired) electrons. The highest BCUT2D eigenvalue weighted by atomic mass is 16.2. The van der Waals surface area contributed by atoms with Crippen molar-refractivity contribution < 1.29 is 4.79 Å². The molecule has 5 heteroatoms. The smallest absolute Gasteiger partial charge is 0.273 e. The van der Waals surface area contributed by atoms with Crippen molar-refractivity contribution in [3.63, 3.8) is 0 Å². The van der Waals surface area contributed by atoms with Crippen LogP contribution >= 0.6 is 0 Å². The molecule has 1 aromatic rings. The monoisotopic (exact) mass is 262 g/mol. The van der Waals surface area contributed by atoms with Crippen LogP contribution in [0, 0.1) is 0 Å². The molecule has 104 valence electrons. The first-order valence-electron chi connectivity index (χ1n) is 7.05. The van der Waals surface area contributed by atoms with E-state index >= 15 is 0 Å². The van der Waals surface area contributed by atoms with Gasteiger partial charge in [0, 0.05) is 26.7 Å². The summed E-state index contributed by atoms with van der Waals surface area (Å²) in [5.41, 5.74) is 0.432. The summed E-state index contributed by atoms with van der Waals surface area (Å²) in [6, 6.07) is 0. The summed E-state index contributed by atoms with van der Waals surface area (Å²) in [7, 11) is 1.81. The number of amides is 1. The molecule has 0 atom stereocenters. The summed E-state index contributed by atoms with van der Waals surface area (Å²) >= 11 is 0. The first-order chi connectivity index (χ1) is 9.22.